The number of ether oxygens (including phenoxy) is 1. The summed E-state index contributed by atoms with van der Waals surface area (Å²) in [6.07, 6.45) is 6.37. The molecule has 0 saturated carbocycles. The summed E-state index contributed by atoms with van der Waals surface area (Å²) in [5.74, 6) is -0.268. The number of allylic oxidation sites excluding steroid dienone is 1. The minimum absolute atomic E-state index is 0.268. The lowest BCUT2D eigenvalue weighted by atomic mass is 9.91. The maximum absolute atomic E-state index is 11.4. The van der Waals surface area contributed by atoms with Gasteiger partial charge < -0.3 is 4.74 Å². The van der Waals surface area contributed by atoms with Gasteiger partial charge in [-0.1, -0.05) is 6.07 Å². The number of hydrogen-bond donors (Lipinski definition) is 0. The number of rotatable bonds is 2. The Balaban J connectivity index is 2.28. The van der Waals surface area contributed by atoms with E-state index < -0.39 is 0 Å². The van der Waals surface area contributed by atoms with E-state index in [1.807, 2.05) is 13.0 Å². The van der Waals surface area contributed by atoms with Crippen LogP contribution in [0.3, 0.4) is 0 Å². The molecule has 84 valence electrons. The lowest BCUT2D eigenvalue weighted by Gasteiger charge is -2.17. The van der Waals surface area contributed by atoms with Crippen molar-refractivity contribution in [1.29, 1.82) is 0 Å². The number of fused-ring (bicyclic) bond motifs is 1. The predicted molar refractivity (Wildman–Crippen MR) is 61.8 cm³/mol. The van der Waals surface area contributed by atoms with E-state index in [-0.39, 0.29) is 5.97 Å². The maximum Gasteiger partial charge on any atom is 0.331 e. The van der Waals surface area contributed by atoms with Crippen LogP contribution in [0.1, 0.15) is 31.0 Å². The summed E-state index contributed by atoms with van der Waals surface area (Å²) in [7, 11) is 0. The Kier molecular flexibility index (Phi) is 3.34. The second-order valence-electron chi connectivity index (χ2n) is 3.79. The number of carbonyl (C=O) groups excluding carboxylic acids is 1. The normalized spacial score (nSPS) is 16.9. The summed E-state index contributed by atoms with van der Waals surface area (Å²) in [5, 5.41) is 0. The van der Waals surface area contributed by atoms with Crippen molar-refractivity contribution >= 4 is 11.5 Å². The molecule has 1 heterocycles. The Bertz CT molecular complexity index is 424. The van der Waals surface area contributed by atoms with Crippen LogP contribution in [0, 0.1) is 0 Å². The number of hydrogen-bond acceptors (Lipinski definition) is 3. The zero-order valence-corrected chi connectivity index (χ0v) is 9.40. The van der Waals surface area contributed by atoms with Gasteiger partial charge in [-0.25, -0.2) is 4.79 Å². The molecular weight excluding hydrogens is 202 g/mol. The lowest BCUT2D eigenvalue weighted by Crippen LogP contribution is -2.07. The van der Waals surface area contributed by atoms with Crippen LogP contribution in [0.5, 0.6) is 0 Å². The summed E-state index contributed by atoms with van der Waals surface area (Å²) >= 11 is 0. The fourth-order valence-electron chi connectivity index (χ4n) is 1.98. The molecule has 0 aliphatic heterocycles. The molecule has 0 radical (unpaired) electrons. The van der Waals surface area contributed by atoms with Crippen molar-refractivity contribution in [3.63, 3.8) is 0 Å². The van der Waals surface area contributed by atoms with Crippen LogP contribution >= 0.6 is 0 Å². The van der Waals surface area contributed by atoms with E-state index in [2.05, 4.69) is 11.1 Å². The third-order valence-corrected chi connectivity index (χ3v) is 2.67. The molecule has 0 saturated heterocycles. The highest BCUT2D eigenvalue weighted by atomic mass is 16.5. The molecule has 0 spiro atoms. The van der Waals surface area contributed by atoms with Gasteiger partial charge in [0, 0.05) is 12.3 Å². The van der Waals surface area contributed by atoms with E-state index in [1.54, 1.807) is 12.3 Å². The Labute approximate surface area is 95.2 Å². The first-order chi connectivity index (χ1) is 7.81. The molecule has 2 rings (SSSR count). The van der Waals surface area contributed by atoms with E-state index in [0.29, 0.717) is 6.61 Å². The van der Waals surface area contributed by atoms with Crippen LogP contribution in [-0.4, -0.2) is 17.6 Å². The summed E-state index contributed by atoms with van der Waals surface area (Å²) in [6.45, 7) is 2.22. The Morgan fingerprint density at radius 1 is 1.56 bits per heavy atom. The number of aromatic nitrogens is 1. The highest BCUT2D eigenvalue weighted by Crippen LogP contribution is 2.28. The van der Waals surface area contributed by atoms with Gasteiger partial charge in [-0.3, -0.25) is 4.98 Å². The van der Waals surface area contributed by atoms with Crippen molar-refractivity contribution in [1.82, 2.24) is 4.98 Å². The van der Waals surface area contributed by atoms with Crippen molar-refractivity contribution in [3.8, 4) is 0 Å². The first-order valence-electron chi connectivity index (χ1n) is 5.63. The van der Waals surface area contributed by atoms with Gasteiger partial charge in [-0.15, -0.1) is 0 Å². The van der Waals surface area contributed by atoms with Crippen molar-refractivity contribution in [2.45, 2.75) is 26.2 Å². The number of aryl methyl sites for hydroxylation is 1. The lowest BCUT2D eigenvalue weighted by molar-refractivity contribution is -0.137. The average molecular weight is 217 g/mol. The van der Waals surface area contributed by atoms with Crippen molar-refractivity contribution in [3.05, 3.63) is 35.7 Å². The molecule has 0 atom stereocenters. The molecule has 1 aliphatic carbocycles. The number of pyridine rings is 1. The van der Waals surface area contributed by atoms with Gasteiger partial charge in [0.05, 0.1) is 12.3 Å². The highest BCUT2D eigenvalue weighted by Gasteiger charge is 2.15. The number of carbonyl (C=O) groups is 1. The molecule has 1 aromatic rings. The summed E-state index contributed by atoms with van der Waals surface area (Å²) in [5.41, 5.74) is 3.19. The van der Waals surface area contributed by atoms with Crippen molar-refractivity contribution in [2.24, 2.45) is 0 Å². The molecule has 1 aromatic heterocycles. The third-order valence-electron chi connectivity index (χ3n) is 2.67. The summed E-state index contributed by atoms with van der Waals surface area (Å²) in [6, 6.07) is 4.01. The van der Waals surface area contributed by atoms with Crippen LogP contribution in [0.4, 0.5) is 0 Å². The topological polar surface area (TPSA) is 39.2 Å². The maximum atomic E-state index is 11.4. The molecule has 1 aliphatic rings. The van der Waals surface area contributed by atoms with Gasteiger partial charge in [0.15, 0.2) is 0 Å². The van der Waals surface area contributed by atoms with Gasteiger partial charge >= 0.3 is 5.97 Å². The largest absolute Gasteiger partial charge is 0.463 e. The van der Waals surface area contributed by atoms with Crippen LogP contribution < -0.4 is 0 Å². The summed E-state index contributed by atoms with van der Waals surface area (Å²) < 4.78 is 4.92. The number of esters is 1. The number of nitrogens with zero attached hydrogens (tertiary/aromatic N) is 1. The molecule has 3 nitrogen and oxygen atoms in total. The van der Waals surface area contributed by atoms with E-state index in [4.69, 9.17) is 4.74 Å². The zero-order valence-electron chi connectivity index (χ0n) is 9.40. The Morgan fingerprint density at radius 2 is 2.44 bits per heavy atom. The summed E-state index contributed by atoms with van der Waals surface area (Å²) in [4.78, 5) is 15.7. The minimum atomic E-state index is -0.268. The van der Waals surface area contributed by atoms with Gasteiger partial charge in [-0.2, -0.15) is 0 Å². The second-order valence-corrected chi connectivity index (χ2v) is 3.79. The molecule has 0 fully saturated rings. The first-order valence-corrected chi connectivity index (χ1v) is 5.63. The third kappa shape index (κ3) is 2.30. The van der Waals surface area contributed by atoms with Crippen molar-refractivity contribution in [2.75, 3.05) is 6.61 Å². The van der Waals surface area contributed by atoms with Gasteiger partial charge in [0.2, 0.25) is 0 Å². The highest BCUT2D eigenvalue weighted by molar-refractivity contribution is 5.91. The molecule has 0 bridgehead atoms. The van der Waals surface area contributed by atoms with Crippen LogP contribution in [-0.2, 0) is 16.0 Å². The molecule has 0 unspecified atom stereocenters. The Hall–Kier alpha value is -1.64. The van der Waals surface area contributed by atoms with E-state index in [1.165, 1.54) is 5.56 Å². The van der Waals surface area contributed by atoms with Gasteiger partial charge in [0.1, 0.15) is 0 Å². The molecule has 16 heavy (non-hydrogen) atoms. The molecular formula is C13H15NO2. The fourth-order valence-corrected chi connectivity index (χ4v) is 1.98. The SMILES string of the molecule is CCOC(=O)/C=C1\CCCc2cccnc21. The second kappa shape index (κ2) is 4.92. The van der Waals surface area contributed by atoms with Gasteiger partial charge in [-0.05, 0) is 43.4 Å². The molecule has 0 N–H and O–H groups in total. The zero-order chi connectivity index (χ0) is 11.4. The molecule has 0 amide bonds. The first kappa shape index (κ1) is 10.9. The van der Waals surface area contributed by atoms with E-state index in [0.717, 1.165) is 30.5 Å². The minimum Gasteiger partial charge on any atom is -0.463 e. The van der Waals surface area contributed by atoms with Crippen molar-refractivity contribution < 1.29 is 9.53 Å². The van der Waals surface area contributed by atoms with E-state index in [9.17, 15) is 4.79 Å². The fraction of sp³-hybridized carbons (Fsp3) is 0.385. The van der Waals surface area contributed by atoms with Gasteiger partial charge in [0.25, 0.3) is 0 Å². The average Bonchev–Trinajstić information content (AvgIpc) is 2.30. The Morgan fingerprint density at radius 3 is 3.25 bits per heavy atom. The smallest absolute Gasteiger partial charge is 0.331 e. The molecule has 0 aromatic carbocycles. The van der Waals surface area contributed by atoms with Crippen LogP contribution in [0.2, 0.25) is 0 Å². The quantitative estimate of drug-likeness (QED) is 0.564. The molecule has 3 heteroatoms. The van der Waals surface area contributed by atoms with Crippen LogP contribution in [0.25, 0.3) is 5.57 Å². The predicted octanol–water partition coefficient (Wildman–Crippen LogP) is 2.36. The monoisotopic (exact) mass is 217 g/mol. The van der Waals surface area contributed by atoms with E-state index >= 15 is 0 Å². The van der Waals surface area contributed by atoms with Crippen LogP contribution in [0.15, 0.2) is 24.4 Å². The standard InChI is InChI=1S/C13H15NO2/c1-2-16-12(15)9-11-6-3-5-10-7-4-8-14-13(10)11/h4,7-9H,2-3,5-6H2,1H3/b11-9+.